The predicted molar refractivity (Wildman–Crippen MR) is 169 cm³/mol. The third-order valence-corrected chi connectivity index (χ3v) is 12.5. The van der Waals surface area contributed by atoms with Crippen molar-refractivity contribution in [3.63, 3.8) is 0 Å². The van der Waals surface area contributed by atoms with Crippen molar-refractivity contribution in [2.24, 2.45) is 0 Å². The Morgan fingerprint density at radius 2 is 1.28 bits per heavy atom. The summed E-state index contributed by atoms with van der Waals surface area (Å²) in [6, 6.07) is 8.21. The van der Waals surface area contributed by atoms with Crippen molar-refractivity contribution >= 4 is 121 Å². The summed E-state index contributed by atoms with van der Waals surface area (Å²) in [4.78, 5) is -0.868. The fourth-order valence-electron chi connectivity index (χ4n) is 3.69. The van der Waals surface area contributed by atoms with Gasteiger partial charge >= 0.3 is 0 Å². The fourth-order valence-corrected chi connectivity index (χ4v) is 7.57. The van der Waals surface area contributed by atoms with Gasteiger partial charge < -0.3 is 14.2 Å². The van der Waals surface area contributed by atoms with Gasteiger partial charge in [0.25, 0.3) is 0 Å². The van der Waals surface area contributed by atoms with Gasteiger partial charge in [0.05, 0.1) is 7.11 Å². The number of benzene rings is 2. The Kier molecular flexibility index (Phi) is 11.4. The van der Waals surface area contributed by atoms with Crippen LogP contribution in [0.5, 0.6) is 0 Å². The molecule has 0 spiro atoms. The van der Waals surface area contributed by atoms with Gasteiger partial charge in [0.1, 0.15) is 22.3 Å². The van der Waals surface area contributed by atoms with Crippen molar-refractivity contribution in [2.75, 3.05) is 21.3 Å². The van der Waals surface area contributed by atoms with Crippen LogP contribution < -0.4 is 0 Å². The first-order chi connectivity index (χ1) is 17.1. The Labute approximate surface area is 263 Å². The van der Waals surface area contributed by atoms with Crippen molar-refractivity contribution < 1.29 is 14.2 Å². The summed E-state index contributed by atoms with van der Waals surface area (Å²) in [5, 5.41) is 0. The molecular weight excluding hydrogens is 831 g/mol. The van der Waals surface area contributed by atoms with Crippen LogP contribution in [0.25, 0.3) is 18.2 Å². The SMILES string of the molecule is COC1=CC(C=Cc2ccc(C=Cc3c(Br)c(Br)c(Br)c(Br)c3Br)cc2)=CC(OC)(C(Cl)Cl)C1OC. The fraction of sp³-hybridized carbons (Fsp3) is 0.231. The molecule has 0 bridgehead atoms. The first kappa shape index (κ1) is 30.6. The van der Waals surface area contributed by atoms with E-state index in [9.17, 15) is 0 Å². The van der Waals surface area contributed by atoms with Gasteiger partial charge in [-0.3, -0.25) is 0 Å². The summed E-state index contributed by atoms with van der Waals surface area (Å²) < 4.78 is 21.6. The predicted octanol–water partition coefficient (Wildman–Crippen LogP) is 10.4. The first-order valence-electron chi connectivity index (χ1n) is 10.4. The Morgan fingerprint density at radius 3 is 1.72 bits per heavy atom. The smallest absolute Gasteiger partial charge is 0.150 e. The van der Waals surface area contributed by atoms with E-state index in [-0.39, 0.29) is 0 Å². The van der Waals surface area contributed by atoms with Crippen LogP contribution in [0.2, 0.25) is 0 Å². The zero-order valence-corrected chi connectivity index (χ0v) is 28.7. The maximum Gasteiger partial charge on any atom is 0.150 e. The second-order valence-corrected chi connectivity index (χ2v) is 12.7. The molecule has 0 heterocycles. The number of alkyl halides is 2. The van der Waals surface area contributed by atoms with Crippen LogP contribution in [0.1, 0.15) is 16.7 Å². The molecule has 192 valence electrons. The minimum absolute atomic E-state index is 0.567. The molecule has 0 fully saturated rings. The molecule has 10 heteroatoms. The van der Waals surface area contributed by atoms with E-state index in [2.05, 4.69) is 104 Å². The Hall–Kier alpha value is 0.100. The van der Waals surface area contributed by atoms with Crippen LogP contribution in [0.4, 0.5) is 0 Å². The van der Waals surface area contributed by atoms with Crippen molar-refractivity contribution in [1.29, 1.82) is 0 Å². The van der Waals surface area contributed by atoms with Crippen LogP contribution in [0.3, 0.4) is 0 Å². The minimum atomic E-state index is -1.08. The molecule has 3 nitrogen and oxygen atoms in total. The van der Waals surface area contributed by atoms with Crippen LogP contribution in [0, 0.1) is 0 Å². The minimum Gasteiger partial charge on any atom is -0.498 e. The maximum absolute atomic E-state index is 6.32. The largest absolute Gasteiger partial charge is 0.498 e. The topological polar surface area (TPSA) is 27.7 Å². The van der Waals surface area contributed by atoms with Crippen molar-refractivity contribution in [1.82, 2.24) is 0 Å². The van der Waals surface area contributed by atoms with E-state index in [0.717, 1.165) is 44.6 Å². The van der Waals surface area contributed by atoms with E-state index >= 15 is 0 Å². The summed E-state index contributed by atoms with van der Waals surface area (Å²) in [6.45, 7) is 0. The van der Waals surface area contributed by atoms with Crippen LogP contribution in [0.15, 0.2) is 76.2 Å². The van der Waals surface area contributed by atoms with Gasteiger partial charge in [-0.25, -0.2) is 0 Å². The van der Waals surface area contributed by atoms with Crippen LogP contribution in [-0.4, -0.2) is 37.9 Å². The highest BCUT2D eigenvalue weighted by Gasteiger charge is 2.48. The molecule has 1 aliphatic carbocycles. The van der Waals surface area contributed by atoms with Gasteiger partial charge in [-0.1, -0.05) is 48.6 Å². The van der Waals surface area contributed by atoms with Crippen LogP contribution >= 0.6 is 103 Å². The summed E-state index contributed by atoms with van der Waals surface area (Å²) in [6.07, 6.45) is 11.3. The van der Waals surface area contributed by atoms with Crippen LogP contribution in [-0.2, 0) is 14.2 Å². The monoisotopic (exact) mass is 846 g/mol. The van der Waals surface area contributed by atoms with E-state index in [4.69, 9.17) is 37.4 Å². The zero-order valence-electron chi connectivity index (χ0n) is 19.3. The van der Waals surface area contributed by atoms with Gasteiger partial charge in [-0.2, -0.15) is 0 Å². The van der Waals surface area contributed by atoms with Crippen molar-refractivity contribution in [3.05, 3.63) is 92.9 Å². The number of halogens is 7. The first-order valence-corrected chi connectivity index (χ1v) is 15.3. The molecule has 1 aliphatic rings. The normalized spacial score (nSPS) is 20.4. The number of ether oxygens (including phenoxy) is 3. The molecule has 0 saturated carbocycles. The molecule has 0 saturated heterocycles. The molecule has 2 aromatic carbocycles. The van der Waals surface area contributed by atoms with E-state index in [1.807, 2.05) is 36.4 Å². The number of allylic oxidation sites excluding steroid dienone is 3. The molecule has 2 atom stereocenters. The lowest BCUT2D eigenvalue weighted by molar-refractivity contribution is -0.0816. The summed E-state index contributed by atoms with van der Waals surface area (Å²) in [5.74, 6) is 0.580. The number of methoxy groups -OCH3 is 3. The van der Waals surface area contributed by atoms with Gasteiger partial charge in [-0.05, 0) is 109 Å². The molecule has 0 aromatic heterocycles. The van der Waals surface area contributed by atoms with Gasteiger partial charge in [0.15, 0.2) is 0 Å². The summed E-state index contributed by atoms with van der Waals surface area (Å²) >= 11 is 30.7. The highest BCUT2D eigenvalue weighted by Crippen LogP contribution is 2.45. The average Bonchev–Trinajstić information content (AvgIpc) is 2.89. The lowest BCUT2D eigenvalue weighted by Gasteiger charge is -2.40. The highest BCUT2D eigenvalue weighted by atomic mass is 79.9. The lowest BCUT2D eigenvalue weighted by Crippen LogP contribution is -2.51. The molecule has 0 amide bonds. The molecule has 0 radical (unpaired) electrons. The molecule has 36 heavy (non-hydrogen) atoms. The number of rotatable bonds is 8. The Morgan fingerprint density at radius 1 is 0.778 bits per heavy atom. The van der Waals surface area contributed by atoms with Gasteiger partial charge in [0, 0.05) is 42.1 Å². The lowest BCUT2D eigenvalue weighted by atomic mass is 9.88. The Bertz CT molecular complexity index is 1210. The van der Waals surface area contributed by atoms with E-state index in [1.54, 1.807) is 21.3 Å². The summed E-state index contributed by atoms with van der Waals surface area (Å²) in [7, 11) is 4.70. The zero-order chi connectivity index (χ0) is 26.6. The second-order valence-electron chi connectivity index (χ2n) is 7.69. The quantitative estimate of drug-likeness (QED) is 0.115. The molecular formula is C26H21Br5Cl2O3. The molecule has 0 aliphatic heterocycles. The molecule has 2 unspecified atom stereocenters. The molecule has 3 rings (SSSR count). The Balaban J connectivity index is 1.85. The summed E-state index contributed by atoms with van der Waals surface area (Å²) in [5.41, 5.74) is 2.87. The molecule has 2 aromatic rings. The molecule has 0 N–H and O–H groups in total. The third-order valence-electron chi connectivity index (χ3n) is 5.63. The highest BCUT2D eigenvalue weighted by molar-refractivity contribution is 9.15. The van der Waals surface area contributed by atoms with Crippen molar-refractivity contribution in [2.45, 2.75) is 16.5 Å². The average molecular weight is 852 g/mol. The van der Waals surface area contributed by atoms with E-state index in [0.29, 0.717) is 5.76 Å². The number of hydrogen-bond acceptors (Lipinski definition) is 3. The van der Waals surface area contributed by atoms with E-state index < -0.39 is 16.5 Å². The van der Waals surface area contributed by atoms with E-state index in [1.165, 1.54) is 0 Å². The van der Waals surface area contributed by atoms with Gasteiger partial charge in [-0.15, -0.1) is 23.2 Å². The third kappa shape index (κ3) is 6.45. The maximum atomic E-state index is 6.32. The number of hydrogen-bond donors (Lipinski definition) is 0. The second kappa shape index (κ2) is 13.4. The van der Waals surface area contributed by atoms with Crippen molar-refractivity contribution in [3.8, 4) is 0 Å². The van der Waals surface area contributed by atoms with Gasteiger partial charge in [0.2, 0.25) is 0 Å². The standard InChI is InChI=1S/C26H21Br5Cl2O3/c1-34-18-12-16(13-26(36-3,25(32)33)24(18)35-2)9-8-14-4-6-15(7-5-14)10-11-17-19(27)21(29)23(31)22(30)20(17)28/h4-13,24-25H,1-3H3.